The van der Waals surface area contributed by atoms with E-state index < -0.39 is 0 Å². The lowest BCUT2D eigenvalue weighted by molar-refractivity contribution is 0.322. The van der Waals surface area contributed by atoms with Crippen LogP contribution in [0.25, 0.3) is 0 Å². The molecule has 1 aromatic heterocycles. The number of aromatic nitrogens is 2. The molecule has 0 unspecified atom stereocenters. The molecule has 1 aromatic carbocycles. The third-order valence-corrected chi connectivity index (χ3v) is 2.97. The molecule has 18 heavy (non-hydrogen) atoms. The summed E-state index contributed by atoms with van der Waals surface area (Å²) >= 11 is 5.92. The van der Waals surface area contributed by atoms with Crippen LogP contribution >= 0.6 is 11.6 Å². The summed E-state index contributed by atoms with van der Waals surface area (Å²) in [4.78, 5) is 4.31. The van der Waals surface area contributed by atoms with Gasteiger partial charge in [-0.05, 0) is 23.6 Å². The monoisotopic (exact) mass is 265 g/mol. The number of hydrogen-bond acceptors (Lipinski definition) is 4. The highest BCUT2D eigenvalue weighted by molar-refractivity contribution is 6.30. The fourth-order valence-corrected chi connectivity index (χ4v) is 1.80. The first-order valence-corrected chi connectivity index (χ1v) is 6.26. The predicted octanol–water partition coefficient (Wildman–Crippen LogP) is 2.97. The van der Waals surface area contributed by atoms with Crippen molar-refractivity contribution < 1.29 is 4.52 Å². The van der Waals surface area contributed by atoms with Crippen molar-refractivity contribution in [2.75, 3.05) is 0 Å². The van der Waals surface area contributed by atoms with Crippen molar-refractivity contribution in [3.05, 3.63) is 46.6 Å². The molecule has 1 atom stereocenters. The van der Waals surface area contributed by atoms with Crippen molar-refractivity contribution in [1.29, 1.82) is 0 Å². The Morgan fingerprint density at radius 3 is 2.83 bits per heavy atom. The van der Waals surface area contributed by atoms with E-state index in [0.717, 1.165) is 5.56 Å². The Morgan fingerprint density at radius 2 is 2.17 bits per heavy atom. The summed E-state index contributed by atoms with van der Waals surface area (Å²) in [6.07, 6.45) is 0.592. The van der Waals surface area contributed by atoms with Crippen LogP contribution < -0.4 is 5.73 Å². The van der Waals surface area contributed by atoms with E-state index in [1.807, 2.05) is 38.1 Å². The first-order valence-electron chi connectivity index (χ1n) is 5.89. The maximum absolute atomic E-state index is 5.95. The van der Waals surface area contributed by atoms with Crippen molar-refractivity contribution in [2.24, 2.45) is 11.7 Å². The summed E-state index contributed by atoms with van der Waals surface area (Å²) in [5.74, 6) is 1.38. The minimum Gasteiger partial charge on any atom is -0.338 e. The number of hydrogen-bond donors (Lipinski definition) is 1. The molecule has 0 spiro atoms. The Morgan fingerprint density at radius 1 is 1.39 bits per heavy atom. The average Bonchev–Trinajstić information content (AvgIpc) is 2.76. The molecule has 2 aromatic rings. The van der Waals surface area contributed by atoms with E-state index in [1.54, 1.807) is 0 Å². The molecule has 1 heterocycles. The maximum Gasteiger partial charge on any atom is 0.243 e. The second kappa shape index (κ2) is 5.50. The number of rotatable bonds is 4. The highest BCUT2D eigenvalue weighted by atomic mass is 35.5. The molecule has 0 aliphatic rings. The van der Waals surface area contributed by atoms with Crippen LogP contribution in [0.2, 0.25) is 5.02 Å². The molecular formula is C13H16ClN3O. The molecular weight excluding hydrogens is 250 g/mol. The van der Waals surface area contributed by atoms with Crippen molar-refractivity contribution >= 4 is 11.6 Å². The van der Waals surface area contributed by atoms with E-state index >= 15 is 0 Å². The summed E-state index contributed by atoms with van der Waals surface area (Å²) in [6.45, 7) is 4.04. The van der Waals surface area contributed by atoms with Gasteiger partial charge in [0, 0.05) is 11.4 Å². The van der Waals surface area contributed by atoms with Crippen molar-refractivity contribution in [2.45, 2.75) is 26.3 Å². The summed E-state index contributed by atoms with van der Waals surface area (Å²) < 4.78 is 5.17. The Labute approximate surface area is 111 Å². The summed E-state index contributed by atoms with van der Waals surface area (Å²) in [5.41, 5.74) is 7.00. The van der Waals surface area contributed by atoms with Crippen LogP contribution in [0.15, 0.2) is 28.8 Å². The standard InChI is InChI=1S/C13H16ClN3O/c1-8(2)12(15)13-16-11(17-18-13)7-9-4-3-5-10(14)6-9/h3-6,8,12H,7,15H2,1-2H3/t12-/m1/s1. The second-order valence-electron chi connectivity index (χ2n) is 4.63. The van der Waals surface area contributed by atoms with Gasteiger partial charge in [0.05, 0.1) is 6.04 Å². The van der Waals surface area contributed by atoms with Gasteiger partial charge in [-0.25, -0.2) is 0 Å². The fourth-order valence-electron chi connectivity index (χ4n) is 1.59. The van der Waals surface area contributed by atoms with Crippen LogP contribution in [0.1, 0.15) is 37.2 Å². The summed E-state index contributed by atoms with van der Waals surface area (Å²) in [6, 6.07) is 7.38. The fraction of sp³-hybridized carbons (Fsp3) is 0.385. The third kappa shape index (κ3) is 3.09. The SMILES string of the molecule is CC(C)[C@@H](N)c1nc(Cc2cccc(Cl)c2)no1. The maximum atomic E-state index is 5.95. The molecule has 2 N–H and O–H groups in total. The molecule has 0 radical (unpaired) electrons. The minimum absolute atomic E-state index is 0.217. The molecule has 5 heteroatoms. The van der Waals surface area contributed by atoms with Gasteiger partial charge in [0.25, 0.3) is 0 Å². The Kier molecular flexibility index (Phi) is 3.99. The molecule has 0 saturated heterocycles. The van der Waals surface area contributed by atoms with Crippen molar-refractivity contribution in [1.82, 2.24) is 10.1 Å². The van der Waals surface area contributed by atoms with Crippen molar-refractivity contribution in [3.63, 3.8) is 0 Å². The molecule has 4 nitrogen and oxygen atoms in total. The predicted molar refractivity (Wildman–Crippen MR) is 70.3 cm³/mol. The summed E-state index contributed by atoms with van der Waals surface area (Å²) in [5, 5.41) is 4.64. The Hall–Kier alpha value is -1.39. The molecule has 0 amide bonds. The van der Waals surface area contributed by atoms with Gasteiger partial charge in [0.2, 0.25) is 5.89 Å². The first kappa shape index (κ1) is 13.1. The van der Waals surface area contributed by atoms with Gasteiger partial charge in [0.15, 0.2) is 5.82 Å². The Balaban J connectivity index is 2.11. The molecule has 0 saturated carbocycles. The van der Waals surface area contributed by atoms with Crippen LogP contribution in [0.3, 0.4) is 0 Å². The molecule has 0 aliphatic heterocycles. The first-order chi connectivity index (χ1) is 8.56. The second-order valence-corrected chi connectivity index (χ2v) is 5.06. The van der Waals surface area contributed by atoms with Crippen LogP contribution in [-0.4, -0.2) is 10.1 Å². The van der Waals surface area contributed by atoms with Gasteiger partial charge >= 0.3 is 0 Å². The highest BCUT2D eigenvalue weighted by Gasteiger charge is 2.18. The van der Waals surface area contributed by atoms with Gasteiger partial charge in [-0.1, -0.05) is 42.7 Å². The van der Waals surface area contributed by atoms with Gasteiger partial charge in [-0.3, -0.25) is 0 Å². The zero-order valence-corrected chi connectivity index (χ0v) is 11.2. The number of nitrogens with zero attached hydrogens (tertiary/aromatic N) is 2. The molecule has 2 rings (SSSR count). The molecule has 0 fully saturated rings. The van der Waals surface area contributed by atoms with E-state index in [9.17, 15) is 0 Å². The largest absolute Gasteiger partial charge is 0.338 e. The zero-order chi connectivity index (χ0) is 13.1. The van der Waals surface area contributed by atoms with Gasteiger partial charge in [0.1, 0.15) is 0 Å². The smallest absolute Gasteiger partial charge is 0.243 e. The van der Waals surface area contributed by atoms with E-state index in [1.165, 1.54) is 0 Å². The van der Waals surface area contributed by atoms with Crippen molar-refractivity contribution in [3.8, 4) is 0 Å². The normalized spacial score (nSPS) is 12.9. The summed E-state index contributed by atoms with van der Waals surface area (Å²) in [7, 11) is 0. The lowest BCUT2D eigenvalue weighted by Crippen LogP contribution is -2.17. The van der Waals surface area contributed by atoms with Crippen LogP contribution in [0, 0.1) is 5.92 Å². The van der Waals surface area contributed by atoms with Gasteiger partial charge in [-0.2, -0.15) is 4.98 Å². The van der Waals surface area contributed by atoms with E-state index in [4.69, 9.17) is 21.9 Å². The zero-order valence-electron chi connectivity index (χ0n) is 10.4. The number of nitrogens with two attached hydrogens (primary N) is 1. The van der Waals surface area contributed by atoms with Crippen LogP contribution in [-0.2, 0) is 6.42 Å². The molecule has 96 valence electrons. The van der Waals surface area contributed by atoms with Crippen LogP contribution in [0.4, 0.5) is 0 Å². The average molecular weight is 266 g/mol. The number of benzene rings is 1. The third-order valence-electron chi connectivity index (χ3n) is 2.74. The van der Waals surface area contributed by atoms with Gasteiger partial charge in [-0.15, -0.1) is 0 Å². The van der Waals surface area contributed by atoms with Crippen LogP contribution in [0.5, 0.6) is 0 Å². The molecule has 0 bridgehead atoms. The lowest BCUT2D eigenvalue weighted by Gasteiger charge is -2.09. The molecule has 0 aliphatic carbocycles. The lowest BCUT2D eigenvalue weighted by atomic mass is 10.1. The quantitative estimate of drug-likeness (QED) is 0.923. The van der Waals surface area contributed by atoms with Gasteiger partial charge < -0.3 is 10.3 Å². The topological polar surface area (TPSA) is 64.9 Å². The Bertz CT molecular complexity index is 524. The van der Waals surface area contributed by atoms with E-state index in [-0.39, 0.29) is 12.0 Å². The highest BCUT2D eigenvalue weighted by Crippen LogP contribution is 2.18. The minimum atomic E-state index is -0.217. The number of halogens is 1. The van der Waals surface area contributed by atoms with E-state index in [2.05, 4.69) is 10.1 Å². The van der Waals surface area contributed by atoms with E-state index in [0.29, 0.717) is 23.2 Å².